The number of rotatable bonds is 3. The average Bonchev–Trinajstić information content (AvgIpc) is 2.71. The maximum absolute atomic E-state index is 12.2. The lowest BCUT2D eigenvalue weighted by Crippen LogP contribution is -2.15. The molecule has 8 heteroatoms. The second-order valence-electron chi connectivity index (χ2n) is 4.22. The summed E-state index contributed by atoms with van der Waals surface area (Å²) in [4.78, 5) is 28.0. The van der Waals surface area contributed by atoms with Crippen molar-refractivity contribution in [1.82, 2.24) is 4.98 Å². The number of anilines is 1. The first kappa shape index (κ1) is 15.8. The van der Waals surface area contributed by atoms with Gasteiger partial charge in [0.15, 0.2) is 0 Å². The molecule has 2 N–H and O–H groups in total. The van der Waals surface area contributed by atoms with Crippen molar-refractivity contribution in [3.8, 4) is 0 Å². The number of benzene rings is 1. The van der Waals surface area contributed by atoms with Crippen LogP contribution in [0.1, 0.15) is 30.7 Å². The Hall–Kier alpha value is -1.63. The van der Waals surface area contributed by atoms with Crippen LogP contribution < -0.4 is 5.32 Å². The van der Waals surface area contributed by atoms with Gasteiger partial charge in [0.25, 0.3) is 5.91 Å². The van der Waals surface area contributed by atoms with Gasteiger partial charge in [0.2, 0.25) is 0 Å². The van der Waals surface area contributed by atoms with Crippen LogP contribution in [0, 0.1) is 13.8 Å². The van der Waals surface area contributed by atoms with Gasteiger partial charge in [-0.05, 0) is 26.0 Å². The Balaban J connectivity index is 2.42. The zero-order valence-corrected chi connectivity index (χ0v) is 13.4. The number of aryl methyl sites for hydroxylation is 2. The molecule has 2 rings (SSSR count). The summed E-state index contributed by atoms with van der Waals surface area (Å²) in [6, 6.07) is 2.60. The van der Waals surface area contributed by atoms with Crippen LogP contribution in [-0.4, -0.2) is 22.0 Å². The average molecular weight is 345 g/mol. The highest BCUT2D eigenvalue weighted by molar-refractivity contribution is 7.13. The highest BCUT2D eigenvalue weighted by atomic mass is 35.5. The van der Waals surface area contributed by atoms with Gasteiger partial charge in [0.05, 0.1) is 27.0 Å². The minimum absolute atomic E-state index is 0.0176. The number of carbonyl (C=O) groups excluding carboxylic acids is 1. The first-order valence-electron chi connectivity index (χ1n) is 5.77. The predicted molar refractivity (Wildman–Crippen MR) is 83.0 cm³/mol. The number of carboxylic acids is 1. The number of thiazole rings is 1. The third-order valence-electron chi connectivity index (χ3n) is 2.63. The molecule has 0 fully saturated rings. The molecule has 0 radical (unpaired) electrons. The van der Waals surface area contributed by atoms with Gasteiger partial charge in [-0.2, -0.15) is 0 Å². The minimum atomic E-state index is -1.23. The van der Waals surface area contributed by atoms with E-state index in [2.05, 4.69) is 10.3 Å². The predicted octanol–water partition coefficient (Wildman–Crippen LogP) is 4.02. The van der Waals surface area contributed by atoms with Crippen molar-refractivity contribution in [2.24, 2.45) is 0 Å². The number of nitrogens with one attached hydrogen (secondary N) is 1. The Morgan fingerprint density at radius 1 is 1.29 bits per heavy atom. The summed E-state index contributed by atoms with van der Waals surface area (Å²) < 4.78 is 0. The Morgan fingerprint density at radius 2 is 1.95 bits per heavy atom. The van der Waals surface area contributed by atoms with Crippen molar-refractivity contribution in [1.29, 1.82) is 0 Å². The molecule has 1 amide bonds. The van der Waals surface area contributed by atoms with Gasteiger partial charge in [0.1, 0.15) is 4.88 Å². The molecule has 0 aliphatic heterocycles. The lowest BCUT2D eigenvalue weighted by molar-refractivity contribution is 0.0698. The third-order valence-corrected chi connectivity index (χ3v) is 4.22. The van der Waals surface area contributed by atoms with Crippen LogP contribution in [0.3, 0.4) is 0 Å². The zero-order chi connectivity index (χ0) is 15.7. The molecule has 0 bridgehead atoms. The molecule has 2 aromatic rings. The number of carbonyl (C=O) groups is 2. The van der Waals surface area contributed by atoms with Crippen LogP contribution in [0.25, 0.3) is 0 Å². The summed E-state index contributed by atoms with van der Waals surface area (Å²) in [5, 5.41) is 12.7. The van der Waals surface area contributed by atoms with E-state index in [0.29, 0.717) is 10.6 Å². The maximum atomic E-state index is 12.2. The van der Waals surface area contributed by atoms with E-state index in [4.69, 9.17) is 23.2 Å². The van der Waals surface area contributed by atoms with Crippen LogP contribution >= 0.6 is 34.5 Å². The molecule has 0 atom stereocenters. The number of amides is 1. The Kier molecular flexibility index (Phi) is 4.51. The SMILES string of the molecule is Cc1nc(C)c(C(=O)Nc2c(Cl)cc(Cl)cc2C(=O)O)s1. The topological polar surface area (TPSA) is 79.3 Å². The van der Waals surface area contributed by atoms with E-state index < -0.39 is 11.9 Å². The summed E-state index contributed by atoms with van der Waals surface area (Å²) in [5.74, 6) is -1.68. The molecule has 0 aliphatic carbocycles. The number of nitrogens with zero attached hydrogens (tertiary/aromatic N) is 1. The summed E-state index contributed by atoms with van der Waals surface area (Å²) in [7, 11) is 0. The quantitative estimate of drug-likeness (QED) is 0.881. The molecule has 5 nitrogen and oxygen atoms in total. The summed E-state index contributed by atoms with van der Waals surface area (Å²) in [5.41, 5.74) is 0.431. The van der Waals surface area contributed by atoms with E-state index >= 15 is 0 Å². The first-order valence-corrected chi connectivity index (χ1v) is 7.34. The summed E-state index contributed by atoms with van der Waals surface area (Å²) in [6.07, 6.45) is 0. The molecule has 21 heavy (non-hydrogen) atoms. The lowest BCUT2D eigenvalue weighted by atomic mass is 10.1. The molecule has 1 aromatic heterocycles. The molecule has 0 saturated heterocycles. The molecule has 0 saturated carbocycles. The number of carboxylic acid groups (broad SMARTS) is 1. The summed E-state index contributed by atoms with van der Waals surface area (Å²) >= 11 is 13.0. The van der Waals surface area contributed by atoms with Crippen LogP contribution in [0.15, 0.2) is 12.1 Å². The van der Waals surface area contributed by atoms with Crippen molar-refractivity contribution < 1.29 is 14.7 Å². The van der Waals surface area contributed by atoms with Gasteiger partial charge in [-0.1, -0.05) is 23.2 Å². The largest absolute Gasteiger partial charge is 0.478 e. The van der Waals surface area contributed by atoms with E-state index in [1.165, 1.54) is 23.5 Å². The van der Waals surface area contributed by atoms with Crippen molar-refractivity contribution in [3.63, 3.8) is 0 Å². The molecule has 1 heterocycles. The number of hydrogen-bond donors (Lipinski definition) is 2. The van der Waals surface area contributed by atoms with Gasteiger partial charge in [0, 0.05) is 5.02 Å². The van der Waals surface area contributed by atoms with E-state index in [-0.39, 0.29) is 21.3 Å². The molecule has 0 unspecified atom stereocenters. The van der Waals surface area contributed by atoms with E-state index in [1.807, 2.05) is 0 Å². The molecule has 1 aromatic carbocycles. The molecule has 0 aliphatic rings. The molecular formula is C13H10Cl2N2O3S. The minimum Gasteiger partial charge on any atom is -0.478 e. The second-order valence-corrected chi connectivity index (χ2v) is 6.26. The normalized spacial score (nSPS) is 10.5. The van der Waals surface area contributed by atoms with E-state index in [9.17, 15) is 14.7 Å². The van der Waals surface area contributed by atoms with E-state index in [1.54, 1.807) is 13.8 Å². The molecule has 0 spiro atoms. The number of aromatic carboxylic acids is 1. The van der Waals surface area contributed by atoms with Gasteiger partial charge in [-0.15, -0.1) is 11.3 Å². The second kappa shape index (κ2) is 6.01. The van der Waals surface area contributed by atoms with Gasteiger partial charge in [-0.25, -0.2) is 9.78 Å². The Labute approximate surface area is 134 Å². The van der Waals surface area contributed by atoms with E-state index in [0.717, 1.165) is 5.01 Å². The monoisotopic (exact) mass is 344 g/mol. The highest BCUT2D eigenvalue weighted by Crippen LogP contribution is 2.31. The fourth-order valence-electron chi connectivity index (χ4n) is 1.78. The maximum Gasteiger partial charge on any atom is 0.337 e. The Bertz CT molecular complexity index is 743. The smallest absolute Gasteiger partial charge is 0.337 e. The standard InChI is InChI=1S/C13H10Cl2N2O3S/c1-5-11(21-6(2)16-5)12(18)17-10-8(13(19)20)3-7(14)4-9(10)15/h3-4H,1-2H3,(H,17,18)(H,19,20). The van der Waals surface area contributed by atoms with Gasteiger partial charge < -0.3 is 10.4 Å². The van der Waals surface area contributed by atoms with Crippen LogP contribution in [-0.2, 0) is 0 Å². The third kappa shape index (κ3) is 3.34. The Morgan fingerprint density at radius 3 is 2.48 bits per heavy atom. The number of halogens is 2. The molecule has 110 valence electrons. The van der Waals surface area contributed by atoms with Crippen LogP contribution in [0.2, 0.25) is 10.0 Å². The van der Waals surface area contributed by atoms with Gasteiger partial charge >= 0.3 is 5.97 Å². The van der Waals surface area contributed by atoms with Gasteiger partial charge in [-0.3, -0.25) is 4.79 Å². The lowest BCUT2D eigenvalue weighted by Gasteiger charge is -2.10. The highest BCUT2D eigenvalue weighted by Gasteiger charge is 2.20. The number of aromatic nitrogens is 1. The van der Waals surface area contributed by atoms with Crippen molar-refractivity contribution >= 4 is 52.1 Å². The zero-order valence-electron chi connectivity index (χ0n) is 11.0. The molecular weight excluding hydrogens is 335 g/mol. The fourth-order valence-corrected chi connectivity index (χ4v) is 3.14. The fraction of sp³-hybridized carbons (Fsp3) is 0.154. The van der Waals surface area contributed by atoms with Crippen LogP contribution in [0.5, 0.6) is 0 Å². The summed E-state index contributed by atoms with van der Waals surface area (Å²) in [6.45, 7) is 3.49. The van der Waals surface area contributed by atoms with Crippen molar-refractivity contribution in [2.75, 3.05) is 5.32 Å². The van der Waals surface area contributed by atoms with Crippen LogP contribution in [0.4, 0.5) is 5.69 Å². The number of hydrogen-bond acceptors (Lipinski definition) is 4. The van der Waals surface area contributed by atoms with Crippen molar-refractivity contribution in [2.45, 2.75) is 13.8 Å². The van der Waals surface area contributed by atoms with Crippen molar-refractivity contribution in [3.05, 3.63) is 43.3 Å². The first-order chi connectivity index (χ1) is 9.79.